The van der Waals surface area contributed by atoms with Gasteiger partial charge in [-0.2, -0.15) is 5.26 Å². The van der Waals surface area contributed by atoms with Gasteiger partial charge in [-0.3, -0.25) is 4.79 Å². The molecule has 5 heteroatoms. The standard InChI is InChI=1S/C20H15NO4/c1-3-24-20(23)16-6-4-5-15-17(22)12(2)18(25-19(15)16)14-9-7-13(11-21)8-10-14/h4-10H,3H2,1-2H3. The van der Waals surface area contributed by atoms with Crippen LogP contribution in [0, 0.1) is 18.3 Å². The fourth-order valence-corrected chi connectivity index (χ4v) is 2.65. The van der Waals surface area contributed by atoms with Crippen molar-refractivity contribution in [1.82, 2.24) is 0 Å². The Morgan fingerprint density at radius 2 is 1.92 bits per heavy atom. The van der Waals surface area contributed by atoms with Gasteiger partial charge < -0.3 is 9.15 Å². The Bertz CT molecular complexity index is 1060. The van der Waals surface area contributed by atoms with Gasteiger partial charge >= 0.3 is 5.97 Å². The maximum atomic E-state index is 12.7. The average Bonchev–Trinajstić information content (AvgIpc) is 2.64. The third-order valence-corrected chi connectivity index (χ3v) is 3.92. The number of ether oxygens (including phenoxy) is 1. The second-order valence-corrected chi connectivity index (χ2v) is 5.48. The second-order valence-electron chi connectivity index (χ2n) is 5.48. The molecular formula is C20H15NO4. The van der Waals surface area contributed by atoms with Crippen LogP contribution in [0.4, 0.5) is 0 Å². The number of esters is 1. The number of carbonyl (C=O) groups excluding carboxylic acids is 1. The summed E-state index contributed by atoms with van der Waals surface area (Å²) in [5, 5.41) is 9.25. The highest BCUT2D eigenvalue weighted by Crippen LogP contribution is 2.28. The maximum absolute atomic E-state index is 12.7. The third kappa shape index (κ3) is 2.90. The van der Waals surface area contributed by atoms with Crippen molar-refractivity contribution >= 4 is 16.9 Å². The van der Waals surface area contributed by atoms with Gasteiger partial charge in [0, 0.05) is 11.1 Å². The Kier molecular flexibility index (Phi) is 4.36. The summed E-state index contributed by atoms with van der Waals surface area (Å²) in [5.41, 5.74) is 1.83. The molecule has 25 heavy (non-hydrogen) atoms. The fourth-order valence-electron chi connectivity index (χ4n) is 2.65. The summed E-state index contributed by atoms with van der Waals surface area (Å²) in [6.45, 7) is 3.62. The zero-order chi connectivity index (χ0) is 18.0. The number of fused-ring (bicyclic) bond motifs is 1. The van der Waals surface area contributed by atoms with Crippen molar-refractivity contribution in [2.45, 2.75) is 13.8 Å². The van der Waals surface area contributed by atoms with Gasteiger partial charge in [0.1, 0.15) is 11.3 Å². The highest BCUT2D eigenvalue weighted by atomic mass is 16.5. The summed E-state index contributed by atoms with van der Waals surface area (Å²) < 4.78 is 11.0. The van der Waals surface area contributed by atoms with E-state index in [0.717, 1.165) is 0 Å². The molecule has 1 aromatic heterocycles. The first-order chi connectivity index (χ1) is 12.1. The fraction of sp³-hybridized carbons (Fsp3) is 0.150. The zero-order valence-corrected chi connectivity index (χ0v) is 13.8. The minimum absolute atomic E-state index is 0.202. The van der Waals surface area contributed by atoms with E-state index in [9.17, 15) is 9.59 Å². The van der Waals surface area contributed by atoms with E-state index in [0.29, 0.717) is 27.8 Å². The molecule has 0 aliphatic carbocycles. The van der Waals surface area contributed by atoms with E-state index in [1.165, 1.54) is 0 Å². The van der Waals surface area contributed by atoms with Crippen LogP contribution in [0.15, 0.2) is 51.7 Å². The molecule has 2 aromatic carbocycles. The van der Waals surface area contributed by atoms with Crippen LogP contribution in [0.2, 0.25) is 0 Å². The molecule has 0 unspecified atom stereocenters. The van der Waals surface area contributed by atoms with Crippen LogP contribution in [0.5, 0.6) is 0 Å². The molecule has 0 bridgehead atoms. The highest BCUT2D eigenvalue weighted by Gasteiger charge is 2.18. The molecule has 0 aliphatic rings. The van der Waals surface area contributed by atoms with E-state index >= 15 is 0 Å². The smallest absolute Gasteiger partial charge is 0.341 e. The van der Waals surface area contributed by atoms with E-state index in [2.05, 4.69) is 0 Å². The van der Waals surface area contributed by atoms with Gasteiger partial charge in [0.25, 0.3) is 0 Å². The molecule has 5 nitrogen and oxygen atoms in total. The van der Waals surface area contributed by atoms with Crippen LogP contribution in [-0.2, 0) is 4.74 Å². The van der Waals surface area contributed by atoms with Crippen molar-refractivity contribution in [3.05, 3.63) is 69.4 Å². The maximum Gasteiger partial charge on any atom is 0.341 e. The summed E-state index contributed by atoms with van der Waals surface area (Å²) in [6.07, 6.45) is 0. The van der Waals surface area contributed by atoms with Crippen molar-refractivity contribution in [3.63, 3.8) is 0 Å². The third-order valence-electron chi connectivity index (χ3n) is 3.92. The van der Waals surface area contributed by atoms with Crippen molar-refractivity contribution in [3.8, 4) is 17.4 Å². The molecule has 0 saturated carbocycles. The van der Waals surface area contributed by atoms with Gasteiger partial charge in [-0.25, -0.2) is 4.79 Å². The van der Waals surface area contributed by atoms with Crippen LogP contribution in [0.3, 0.4) is 0 Å². The normalized spacial score (nSPS) is 10.4. The number of hydrogen-bond donors (Lipinski definition) is 0. The van der Waals surface area contributed by atoms with E-state index < -0.39 is 5.97 Å². The largest absolute Gasteiger partial charge is 0.462 e. The number of nitriles is 1. The Morgan fingerprint density at radius 3 is 2.56 bits per heavy atom. The van der Waals surface area contributed by atoms with Crippen LogP contribution in [-0.4, -0.2) is 12.6 Å². The first-order valence-electron chi connectivity index (χ1n) is 7.81. The molecular weight excluding hydrogens is 318 g/mol. The number of carbonyl (C=O) groups is 1. The molecule has 0 spiro atoms. The Hall–Kier alpha value is -3.39. The molecule has 0 atom stereocenters. The van der Waals surface area contributed by atoms with E-state index in [1.807, 2.05) is 6.07 Å². The summed E-state index contributed by atoms with van der Waals surface area (Å²) in [5.74, 6) is -0.162. The molecule has 3 rings (SSSR count). The first kappa shape index (κ1) is 16.5. The van der Waals surface area contributed by atoms with Crippen molar-refractivity contribution in [1.29, 1.82) is 5.26 Å². The number of hydrogen-bond acceptors (Lipinski definition) is 5. The monoisotopic (exact) mass is 333 g/mol. The highest BCUT2D eigenvalue weighted by molar-refractivity contribution is 6.02. The molecule has 1 heterocycles. The summed E-state index contributed by atoms with van der Waals surface area (Å²) in [6, 6.07) is 13.6. The van der Waals surface area contributed by atoms with Crippen LogP contribution < -0.4 is 5.43 Å². The Labute approximate surface area is 144 Å². The minimum atomic E-state index is -0.536. The number of nitrogens with zero attached hydrogens (tertiary/aromatic N) is 1. The quantitative estimate of drug-likeness (QED) is 0.681. The van der Waals surface area contributed by atoms with Crippen molar-refractivity contribution in [2.24, 2.45) is 0 Å². The number of rotatable bonds is 3. The molecule has 0 amide bonds. The van der Waals surface area contributed by atoms with Gasteiger partial charge in [0.05, 0.1) is 23.6 Å². The van der Waals surface area contributed by atoms with E-state index in [4.69, 9.17) is 14.4 Å². The molecule has 124 valence electrons. The lowest BCUT2D eigenvalue weighted by molar-refractivity contribution is 0.0527. The minimum Gasteiger partial charge on any atom is -0.462 e. The van der Waals surface area contributed by atoms with Crippen LogP contribution in [0.1, 0.15) is 28.4 Å². The van der Waals surface area contributed by atoms with Gasteiger partial charge in [0.15, 0.2) is 11.0 Å². The van der Waals surface area contributed by atoms with Gasteiger partial charge in [-0.15, -0.1) is 0 Å². The lowest BCUT2D eigenvalue weighted by Crippen LogP contribution is -2.11. The predicted molar refractivity (Wildman–Crippen MR) is 93.3 cm³/mol. The predicted octanol–water partition coefficient (Wildman–Crippen LogP) is 3.82. The summed E-state index contributed by atoms with van der Waals surface area (Å²) in [7, 11) is 0. The SMILES string of the molecule is CCOC(=O)c1cccc2c(=O)c(C)c(-c3ccc(C#N)cc3)oc12. The van der Waals surface area contributed by atoms with Crippen molar-refractivity contribution < 1.29 is 13.9 Å². The van der Waals surface area contributed by atoms with Crippen LogP contribution >= 0.6 is 0 Å². The lowest BCUT2D eigenvalue weighted by Gasteiger charge is -2.10. The van der Waals surface area contributed by atoms with Gasteiger partial charge in [-0.05, 0) is 50.2 Å². The molecule has 0 aliphatic heterocycles. The number of benzene rings is 2. The Balaban J connectivity index is 2.28. The summed E-state index contributed by atoms with van der Waals surface area (Å²) in [4.78, 5) is 24.9. The topological polar surface area (TPSA) is 80.3 Å². The lowest BCUT2D eigenvalue weighted by atomic mass is 10.0. The van der Waals surface area contributed by atoms with E-state index in [-0.39, 0.29) is 23.2 Å². The number of para-hydroxylation sites is 1. The van der Waals surface area contributed by atoms with E-state index in [1.54, 1.807) is 56.3 Å². The Morgan fingerprint density at radius 1 is 1.20 bits per heavy atom. The second kappa shape index (κ2) is 6.62. The zero-order valence-electron chi connectivity index (χ0n) is 13.8. The molecule has 0 radical (unpaired) electrons. The molecule has 0 fully saturated rings. The average molecular weight is 333 g/mol. The molecule has 0 N–H and O–H groups in total. The first-order valence-corrected chi connectivity index (χ1v) is 7.81. The van der Waals surface area contributed by atoms with Crippen molar-refractivity contribution in [2.75, 3.05) is 6.61 Å². The molecule has 0 saturated heterocycles. The van der Waals surface area contributed by atoms with Gasteiger partial charge in [-0.1, -0.05) is 6.07 Å². The molecule has 3 aromatic rings. The van der Waals surface area contributed by atoms with Crippen LogP contribution in [0.25, 0.3) is 22.3 Å². The summed E-state index contributed by atoms with van der Waals surface area (Å²) >= 11 is 0. The van der Waals surface area contributed by atoms with Gasteiger partial charge in [0.2, 0.25) is 0 Å².